The number of nitro groups is 1. The molecule has 0 aliphatic rings. The third-order valence-electron chi connectivity index (χ3n) is 3.47. The molecule has 112 valence electrons. The van der Waals surface area contributed by atoms with Gasteiger partial charge >= 0.3 is 0 Å². The smallest absolute Gasteiger partial charge is 0.287 e. The van der Waals surface area contributed by atoms with Crippen LogP contribution >= 0.6 is 0 Å². The molecule has 1 aromatic heterocycles. The number of nitrogens with one attached hydrogen (secondary N) is 1. The molecule has 0 bridgehead atoms. The first-order chi connectivity index (χ1) is 9.25. The molecule has 0 aromatic carbocycles. The number of nitrogens with zero attached hydrogens (tertiary/aromatic N) is 2. The predicted octanol–water partition coefficient (Wildman–Crippen LogP) is 3.26. The average Bonchev–Trinajstić information content (AvgIpc) is 2.34. The maximum absolute atomic E-state index is 10.7. The molecule has 20 heavy (non-hydrogen) atoms. The number of rotatable bonds is 6. The Morgan fingerprint density at radius 3 is 2.55 bits per heavy atom. The molecule has 1 atom stereocenters. The van der Waals surface area contributed by atoms with Crippen LogP contribution < -0.4 is 5.32 Å². The lowest BCUT2D eigenvalue weighted by Gasteiger charge is -2.32. The summed E-state index contributed by atoms with van der Waals surface area (Å²) in [6.45, 7) is 11.6. The van der Waals surface area contributed by atoms with Crippen LogP contribution in [0.1, 0.15) is 45.4 Å². The van der Waals surface area contributed by atoms with Gasteiger partial charge in [0.15, 0.2) is 0 Å². The largest absolute Gasteiger partial charge is 0.313 e. The summed E-state index contributed by atoms with van der Waals surface area (Å²) in [6.07, 6.45) is 3.22. The van der Waals surface area contributed by atoms with Crippen LogP contribution in [0.2, 0.25) is 0 Å². The van der Waals surface area contributed by atoms with E-state index in [-0.39, 0.29) is 11.1 Å². The van der Waals surface area contributed by atoms with E-state index in [0.29, 0.717) is 6.04 Å². The zero-order valence-electron chi connectivity index (χ0n) is 13.1. The van der Waals surface area contributed by atoms with Gasteiger partial charge in [-0.25, -0.2) is 0 Å². The fourth-order valence-corrected chi connectivity index (χ4v) is 2.10. The summed E-state index contributed by atoms with van der Waals surface area (Å²) in [5, 5.41) is 14.3. The normalized spacial score (nSPS) is 13.2. The third-order valence-corrected chi connectivity index (χ3v) is 3.47. The molecular formula is C15H25N3O2. The summed E-state index contributed by atoms with van der Waals surface area (Å²) < 4.78 is 0. The van der Waals surface area contributed by atoms with Crippen LogP contribution in [0.15, 0.2) is 12.3 Å². The number of aryl methyl sites for hydroxylation is 1. The highest BCUT2D eigenvalue weighted by Crippen LogP contribution is 2.24. The van der Waals surface area contributed by atoms with E-state index in [4.69, 9.17) is 0 Å². The number of aromatic nitrogens is 1. The third kappa shape index (κ3) is 4.56. The van der Waals surface area contributed by atoms with Gasteiger partial charge in [-0.3, -0.25) is 15.1 Å². The minimum absolute atomic E-state index is 0.0556. The SMILES string of the molecule is CCCNC(Cc1ncc([N+](=O)[O-])cc1C)C(C)(C)C. The van der Waals surface area contributed by atoms with Crippen LogP contribution in [0.4, 0.5) is 5.69 Å². The molecule has 1 rings (SSSR count). The van der Waals surface area contributed by atoms with Crippen LogP contribution in [0, 0.1) is 22.5 Å². The molecule has 5 nitrogen and oxygen atoms in total. The molecule has 0 amide bonds. The Balaban J connectivity index is 2.91. The first kappa shape index (κ1) is 16.6. The maximum atomic E-state index is 10.7. The molecular weight excluding hydrogens is 254 g/mol. The van der Waals surface area contributed by atoms with Crippen molar-refractivity contribution in [1.82, 2.24) is 10.3 Å². The number of pyridine rings is 1. The Hall–Kier alpha value is -1.49. The first-order valence-corrected chi connectivity index (χ1v) is 7.09. The molecule has 0 saturated carbocycles. The van der Waals surface area contributed by atoms with Crippen LogP contribution in [0.3, 0.4) is 0 Å². The standard InChI is InChI=1S/C15H25N3O2/c1-6-7-16-14(15(3,4)5)9-13-11(2)8-12(10-17-13)18(19)20/h8,10,14,16H,6-7,9H2,1-5H3. The highest BCUT2D eigenvalue weighted by atomic mass is 16.6. The van der Waals surface area contributed by atoms with Gasteiger partial charge in [-0.05, 0) is 30.9 Å². The van der Waals surface area contributed by atoms with Gasteiger partial charge in [0.25, 0.3) is 5.69 Å². The molecule has 0 saturated heterocycles. The second-order valence-corrected chi connectivity index (χ2v) is 6.29. The van der Waals surface area contributed by atoms with Crippen molar-refractivity contribution in [2.75, 3.05) is 6.54 Å². The molecule has 1 N–H and O–H groups in total. The number of hydrogen-bond donors (Lipinski definition) is 1. The summed E-state index contributed by atoms with van der Waals surface area (Å²) in [7, 11) is 0. The van der Waals surface area contributed by atoms with Crippen molar-refractivity contribution >= 4 is 5.69 Å². The Bertz CT molecular complexity index is 467. The molecule has 0 fully saturated rings. The van der Waals surface area contributed by atoms with E-state index in [9.17, 15) is 10.1 Å². The van der Waals surface area contributed by atoms with Crippen LogP contribution in [0.5, 0.6) is 0 Å². The van der Waals surface area contributed by atoms with Crippen molar-refractivity contribution in [3.05, 3.63) is 33.6 Å². The van der Waals surface area contributed by atoms with Crippen molar-refractivity contribution in [2.24, 2.45) is 5.41 Å². The monoisotopic (exact) mass is 279 g/mol. The van der Waals surface area contributed by atoms with Gasteiger partial charge in [0.2, 0.25) is 0 Å². The van der Waals surface area contributed by atoms with Crippen LogP contribution in [0.25, 0.3) is 0 Å². The van der Waals surface area contributed by atoms with Gasteiger partial charge in [0, 0.05) is 24.2 Å². The molecule has 0 spiro atoms. The van der Waals surface area contributed by atoms with E-state index in [0.717, 1.165) is 30.6 Å². The van der Waals surface area contributed by atoms with Gasteiger partial charge in [0.05, 0.1) is 4.92 Å². The Morgan fingerprint density at radius 2 is 2.10 bits per heavy atom. The summed E-state index contributed by atoms with van der Waals surface area (Å²) >= 11 is 0. The lowest BCUT2D eigenvalue weighted by atomic mass is 9.83. The van der Waals surface area contributed by atoms with E-state index in [2.05, 4.69) is 38.0 Å². The topological polar surface area (TPSA) is 68.1 Å². The molecule has 5 heteroatoms. The van der Waals surface area contributed by atoms with E-state index < -0.39 is 4.92 Å². The number of hydrogen-bond acceptors (Lipinski definition) is 4. The fourth-order valence-electron chi connectivity index (χ4n) is 2.10. The zero-order valence-corrected chi connectivity index (χ0v) is 13.1. The lowest BCUT2D eigenvalue weighted by molar-refractivity contribution is -0.385. The van der Waals surface area contributed by atoms with Gasteiger partial charge in [-0.15, -0.1) is 0 Å². The molecule has 0 aliphatic carbocycles. The van der Waals surface area contributed by atoms with Gasteiger partial charge < -0.3 is 5.32 Å². The van der Waals surface area contributed by atoms with E-state index >= 15 is 0 Å². The molecule has 0 aliphatic heterocycles. The van der Waals surface area contributed by atoms with Gasteiger partial charge in [0.1, 0.15) is 6.20 Å². The first-order valence-electron chi connectivity index (χ1n) is 7.09. The van der Waals surface area contributed by atoms with Crippen molar-refractivity contribution in [2.45, 2.75) is 53.5 Å². The average molecular weight is 279 g/mol. The van der Waals surface area contributed by atoms with Crippen molar-refractivity contribution in [3.63, 3.8) is 0 Å². The van der Waals surface area contributed by atoms with Crippen molar-refractivity contribution in [3.8, 4) is 0 Å². The van der Waals surface area contributed by atoms with Crippen LogP contribution in [-0.2, 0) is 6.42 Å². The highest BCUT2D eigenvalue weighted by Gasteiger charge is 2.25. The molecule has 0 radical (unpaired) electrons. The van der Waals surface area contributed by atoms with Gasteiger partial charge in [-0.1, -0.05) is 27.7 Å². The summed E-state index contributed by atoms with van der Waals surface area (Å²) in [4.78, 5) is 14.6. The Labute approximate surface area is 121 Å². The highest BCUT2D eigenvalue weighted by molar-refractivity contribution is 5.33. The van der Waals surface area contributed by atoms with Crippen LogP contribution in [-0.4, -0.2) is 22.5 Å². The molecule has 1 unspecified atom stereocenters. The predicted molar refractivity (Wildman–Crippen MR) is 80.9 cm³/mol. The Kier molecular flexibility index (Phi) is 5.62. The molecule has 1 heterocycles. The fraction of sp³-hybridized carbons (Fsp3) is 0.667. The minimum atomic E-state index is -0.402. The summed E-state index contributed by atoms with van der Waals surface area (Å²) in [5.41, 5.74) is 1.98. The quantitative estimate of drug-likeness (QED) is 0.641. The maximum Gasteiger partial charge on any atom is 0.287 e. The van der Waals surface area contributed by atoms with E-state index in [1.165, 1.54) is 6.20 Å². The lowest BCUT2D eigenvalue weighted by Crippen LogP contribution is -2.42. The second kappa shape index (κ2) is 6.79. The minimum Gasteiger partial charge on any atom is -0.313 e. The Morgan fingerprint density at radius 1 is 1.45 bits per heavy atom. The second-order valence-electron chi connectivity index (χ2n) is 6.29. The van der Waals surface area contributed by atoms with Crippen molar-refractivity contribution in [1.29, 1.82) is 0 Å². The van der Waals surface area contributed by atoms with Gasteiger partial charge in [-0.2, -0.15) is 0 Å². The summed E-state index contributed by atoms with van der Waals surface area (Å²) in [6, 6.07) is 1.90. The van der Waals surface area contributed by atoms with E-state index in [1.807, 2.05) is 6.92 Å². The molecule has 1 aromatic rings. The zero-order chi connectivity index (χ0) is 15.3. The van der Waals surface area contributed by atoms with Crippen molar-refractivity contribution < 1.29 is 4.92 Å². The van der Waals surface area contributed by atoms with E-state index in [1.54, 1.807) is 6.07 Å². The summed E-state index contributed by atoms with van der Waals surface area (Å²) in [5.74, 6) is 0.